The van der Waals surface area contributed by atoms with Gasteiger partial charge in [0.1, 0.15) is 6.10 Å². The maximum Gasteiger partial charge on any atom is 0.306 e. The molecule has 4 rings (SSSR count). The van der Waals surface area contributed by atoms with Gasteiger partial charge in [-0.05, 0) is 161 Å². The van der Waals surface area contributed by atoms with Gasteiger partial charge < -0.3 is 4.74 Å². The summed E-state index contributed by atoms with van der Waals surface area (Å²) >= 11 is 0. The van der Waals surface area contributed by atoms with Gasteiger partial charge in [0.05, 0.1) is 0 Å². The van der Waals surface area contributed by atoms with Crippen LogP contribution in [0.1, 0.15) is 203 Å². The Morgan fingerprint density at radius 2 is 1.41 bits per heavy atom. The van der Waals surface area contributed by atoms with Crippen LogP contribution in [-0.4, -0.2) is 12.1 Å². The highest BCUT2D eigenvalue weighted by atomic mass is 16.5. The summed E-state index contributed by atoms with van der Waals surface area (Å²) in [6.45, 7) is 17.6. The van der Waals surface area contributed by atoms with Gasteiger partial charge in [-0.1, -0.05) is 118 Å². The number of unbranched alkanes of at least 4 members (excludes halogenated alkanes) is 8. The van der Waals surface area contributed by atoms with Crippen LogP contribution in [0, 0.1) is 58.2 Å². The molecular formula is C47H82O2. The second kappa shape index (κ2) is 20.3. The van der Waals surface area contributed by atoms with Crippen LogP contribution in [0.4, 0.5) is 0 Å². The molecule has 10 atom stereocenters. The van der Waals surface area contributed by atoms with Gasteiger partial charge in [-0.3, -0.25) is 4.79 Å². The molecule has 0 aliphatic heterocycles. The SMILES string of the molecule is CCCCC/C=C\C/C=C\CCCCCCCC(=O)OC1CC[C@@]2(C)C(CCC3C2CC[C@@]2(C)C3CC[C@@H]2C(C)CC[C@@H](CC)C(C)C)C1. The molecule has 0 amide bonds. The van der Waals surface area contributed by atoms with Gasteiger partial charge in [0.15, 0.2) is 0 Å². The topological polar surface area (TPSA) is 26.3 Å². The maximum absolute atomic E-state index is 12.9. The van der Waals surface area contributed by atoms with Crippen LogP contribution in [0.2, 0.25) is 0 Å². The standard InChI is InChI=1S/C47H82O2/c1-8-10-11-12-13-14-15-16-17-18-19-20-21-22-23-24-45(48)49-40-31-33-46(6)39(35-40)27-28-41-43-30-29-42(47(43,7)34-32-44(41)46)37(5)25-26-38(9-2)36(3)4/h13-14,16-17,36-44H,8-12,15,18-35H2,1-7H3/b14-13-,17-16-/t37?,38-,39?,40?,41?,42-,43?,44?,46+,47-/m1/s1. The molecule has 0 spiro atoms. The first-order valence-electron chi connectivity index (χ1n) is 22.1. The Bertz CT molecular complexity index is 1010. The lowest BCUT2D eigenvalue weighted by Gasteiger charge is -2.61. The van der Waals surface area contributed by atoms with Crippen molar-refractivity contribution in [2.75, 3.05) is 0 Å². The van der Waals surface area contributed by atoms with Crippen molar-refractivity contribution in [2.45, 2.75) is 209 Å². The van der Waals surface area contributed by atoms with E-state index < -0.39 is 0 Å². The Hall–Kier alpha value is -1.05. The van der Waals surface area contributed by atoms with Gasteiger partial charge in [0.2, 0.25) is 0 Å². The number of ether oxygens (including phenoxy) is 1. The highest BCUT2D eigenvalue weighted by Gasteiger charge is 2.60. The molecule has 4 fully saturated rings. The Labute approximate surface area is 305 Å². The number of rotatable bonds is 21. The Morgan fingerprint density at radius 1 is 0.735 bits per heavy atom. The third-order valence-electron chi connectivity index (χ3n) is 15.5. The summed E-state index contributed by atoms with van der Waals surface area (Å²) in [7, 11) is 0. The van der Waals surface area contributed by atoms with Crippen molar-refractivity contribution in [3.05, 3.63) is 24.3 Å². The summed E-state index contributed by atoms with van der Waals surface area (Å²) < 4.78 is 6.18. The number of hydrogen-bond acceptors (Lipinski definition) is 2. The molecule has 0 saturated heterocycles. The smallest absolute Gasteiger partial charge is 0.306 e. The number of carbonyl (C=O) groups is 1. The first-order chi connectivity index (χ1) is 23.6. The minimum absolute atomic E-state index is 0.0752. The molecule has 282 valence electrons. The highest BCUT2D eigenvalue weighted by molar-refractivity contribution is 5.69. The lowest BCUT2D eigenvalue weighted by atomic mass is 9.44. The zero-order chi connectivity index (χ0) is 35.3. The van der Waals surface area contributed by atoms with Gasteiger partial charge in [-0.15, -0.1) is 0 Å². The summed E-state index contributed by atoms with van der Waals surface area (Å²) in [6, 6.07) is 0. The van der Waals surface area contributed by atoms with E-state index >= 15 is 0 Å². The minimum atomic E-state index is 0.0752. The number of fused-ring (bicyclic) bond motifs is 5. The molecule has 0 radical (unpaired) electrons. The lowest BCUT2D eigenvalue weighted by molar-refractivity contribution is -0.162. The molecule has 0 heterocycles. The van der Waals surface area contributed by atoms with Gasteiger partial charge in [0.25, 0.3) is 0 Å². The molecule has 0 aromatic carbocycles. The van der Waals surface area contributed by atoms with E-state index in [1.54, 1.807) is 0 Å². The van der Waals surface area contributed by atoms with E-state index in [0.29, 0.717) is 17.3 Å². The zero-order valence-corrected chi connectivity index (χ0v) is 33.8. The first-order valence-corrected chi connectivity index (χ1v) is 22.1. The van der Waals surface area contributed by atoms with Gasteiger partial charge >= 0.3 is 5.97 Å². The third-order valence-corrected chi connectivity index (χ3v) is 15.5. The fourth-order valence-corrected chi connectivity index (χ4v) is 12.3. The quantitative estimate of drug-likeness (QED) is 0.0686. The van der Waals surface area contributed by atoms with E-state index in [-0.39, 0.29) is 12.1 Å². The van der Waals surface area contributed by atoms with Gasteiger partial charge in [-0.25, -0.2) is 0 Å². The average Bonchev–Trinajstić information content (AvgIpc) is 3.44. The molecule has 4 aliphatic carbocycles. The monoisotopic (exact) mass is 679 g/mol. The summed E-state index contributed by atoms with van der Waals surface area (Å²) in [6.07, 6.45) is 39.9. The van der Waals surface area contributed by atoms with Crippen molar-refractivity contribution >= 4 is 5.97 Å². The summed E-state index contributed by atoms with van der Waals surface area (Å²) in [5, 5.41) is 0. The fraction of sp³-hybridized carbons (Fsp3) is 0.894. The minimum Gasteiger partial charge on any atom is -0.462 e. The molecule has 0 N–H and O–H groups in total. The van der Waals surface area contributed by atoms with E-state index in [9.17, 15) is 4.79 Å². The molecule has 4 aliphatic rings. The van der Waals surface area contributed by atoms with Crippen molar-refractivity contribution in [3.8, 4) is 0 Å². The molecule has 0 aromatic heterocycles. The second-order valence-electron chi connectivity index (χ2n) is 18.7. The Morgan fingerprint density at radius 3 is 2.12 bits per heavy atom. The van der Waals surface area contributed by atoms with Crippen molar-refractivity contribution in [1.82, 2.24) is 0 Å². The number of carbonyl (C=O) groups excluding carboxylic acids is 1. The zero-order valence-electron chi connectivity index (χ0n) is 33.8. The summed E-state index contributed by atoms with van der Waals surface area (Å²) in [5.74, 6) is 7.14. The van der Waals surface area contributed by atoms with E-state index in [2.05, 4.69) is 72.8 Å². The fourth-order valence-electron chi connectivity index (χ4n) is 12.3. The predicted molar refractivity (Wildman–Crippen MR) is 211 cm³/mol. The van der Waals surface area contributed by atoms with Crippen LogP contribution in [0.3, 0.4) is 0 Å². The maximum atomic E-state index is 12.9. The third kappa shape index (κ3) is 11.0. The molecule has 0 bridgehead atoms. The van der Waals surface area contributed by atoms with E-state index in [4.69, 9.17) is 4.74 Å². The van der Waals surface area contributed by atoms with E-state index in [1.807, 2.05) is 0 Å². The van der Waals surface area contributed by atoms with Crippen LogP contribution >= 0.6 is 0 Å². The van der Waals surface area contributed by atoms with Gasteiger partial charge in [-0.2, -0.15) is 0 Å². The van der Waals surface area contributed by atoms with Gasteiger partial charge in [0, 0.05) is 6.42 Å². The normalized spacial score (nSPS) is 34.2. The largest absolute Gasteiger partial charge is 0.462 e. The highest BCUT2D eigenvalue weighted by Crippen LogP contribution is 2.68. The van der Waals surface area contributed by atoms with Crippen molar-refractivity contribution in [1.29, 1.82) is 0 Å². The second-order valence-corrected chi connectivity index (χ2v) is 18.7. The van der Waals surface area contributed by atoms with Crippen LogP contribution in [0.25, 0.3) is 0 Å². The van der Waals surface area contributed by atoms with Crippen LogP contribution in [0.5, 0.6) is 0 Å². The first kappa shape index (κ1) is 40.7. The Balaban J connectivity index is 1.12. The van der Waals surface area contributed by atoms with Crippen LogP contribution in [-0.2, 0) is 9.53 Å². The van der Waals surface area contributed by atoms with Crippen molar-refractivity contribution in [2.24, 2.45) is 58.2 Å². The lowest BCUT2D eigenvalue weighted by Crippen LogP contribution is -2.54. The van der Waals surface area contributed by atoms with Crippen molar-refractivity contribution in [3.63, 3.8) is 0 Å². The summed E-state index contributed by atoms with van der Waals surface area (Å²) in [4.78, 5) is 12.9. The summed E-state index contributed by atoms with van der Waals surface area (Å²) in [5.41, 5.74) is 1.03. The van der Waals surface area contributed by atoms with Crippen molar-refractivity contribution < 1.29 is 9.53 Å². The number of hydrogen-bond donors (Lipinski definition) is 0. The molecule has 0 aromatic rings. The molecule has 4 saturated carbocycles. The molecule has 2 heteroatoms. The average molecular weight is 679 g/mol. The van der Waals surface area contributed by atoms with E-state index in [0.717, 1.165) is 79.4 Å². The molecule has 6 unspecified atom stereocenters. The number of esters is 1. The molecular weight excluding hydrogens is 597 g/mol. The number of allylic oxidation sites excluding steroid dienone is 4. The Kier molecular flexibility index (Phi) is 16.8. The van der Waals surface area contributed by atoms with E-state index in [1.165, 1.54) is 116 Å². The molecule has 49 heavy (non-hydrogen) atoms. The van der Waals surface area contributed by atoms with Crippen LogP contribution < -0.4 is 0 Å². The molecule has 2 nitrogen and oxygen atoms in total. The predicted octanol–water partition coefficient (Wildman–Crippen LogP) is 14.5. The van der Waals surface area contributed by atoms with Crippen LogP contribution in [0.15, 0.2) is 24.3 Å².